The number of amides is 4. The normalized spacial score (nSPS) is 23.0. The maximum absolute atomic E-state index is 13.0. The molecule has 0 saturated carbocycles. The lowest BCUT2D eigenvalue weighted by Gasteiger charge is -2.33. The van der Waals surface area contributed by atoms with Gasteiger partial charge in [-0.05, 0) is 24.5 Å². The van der Waals surface area contributed by atoms with Crippen LogP contribution in [0.4, 0.5) is 4.79 Å². The fraction of sp³-hybridized carbons (Fsp3) is 0.550. The van der Waals surface area contributed by atoms with Crippen LogP contribution in [-0.2, 0) is 31.6 Å². The minimum absolute atomic E-state index is 0.201. The number of hydrogen-bond acceptors (Lipinski definition) is 5. The average molecular weight is 437 g/mol. The van der Waals surface area contributed by atoms with E-state index in [0.717, 1.165) is 29.6 Å². The molecule has 0 radical (unpaired) electrons. The fourth-order valence-corrected chi connectivity index (χ4v) is 4.66. The zero-order valence-electron chi connectivity index (χ0n) is 17.6. The highest BCUT2D eigenvalue weighted by Gasteiger charge is 2.49. The van der Waals surface area contributed by atoms with Crippen molar-refractivity contribution in [2.75, 3.05) is 39.0 Å². The molecule has 2 aliphatic heterocycles. The topological polar surface area (TPSA) is 107 Å². The van der Waals surface area contributed by atoms with Gasteiger partial charge in [0.25, 0.3) is 5.91 Å². The summed E-state index contributed by atoms with van der Waals surface area (Å²) in [6, 6.07) is 6.94. The average Bonchev–Trinajstić information content (AvgIpc) is 2.92. The molecule has 1 aromatic rings. The molecule has 10 heteroatoms. The van der Waals surface area contributed by atoms with E-state index in [4.69, 9.17) is 0 Å². The smallest absolute Gasteiger partial charge is 0.325 e. The number of carbonyl (C=O) groups is 3. The number of urea groups is 1. The molecule has 1 unspecified atom stereocenters. The van der Waals surface area contributed by atoms with E-state index in [2.05, 4.69) is 12.2 Å². The van der Waals surface area contributed by atoms with E-state index in [-0.39, 0.29) is 38.6 Å². The molecule has 0 bridgehead atoms. The molecule has 0 aliphatic carbocycles. The van der Waals surface area contributed by atoms with E-state index < -0.39 is 27.5 Å². The molecule has 9 nitrogen and oxygen atoms in total. The van der Waals surface area contributed by atoms with Crippen molar-refractivity contribution in [1.82, 2.24) is 19.4 Å². The fourth-order valence-electron chi connectivity index (χ4n) is 3.83. The Kier molecular flexibility index (Phi) is 6.19. The molecule has 164 valence electrons. The summed E-state index contributed by atoms with van der Waals surface area (Å²) < 4.78 is 24.5. The quantitative estimate of drug-likeness (QED) is 0.654. The van der Waals surface area contributed by atoms with Crippen LogP contribution in [0.3, 0.4) is 0 Å². The van der Waals surface area contributed by atoms with Gasteiger partial charge in [-0.2, -0.15) is 4.31 Å². The van der Waals surface area contributed by atoms with Gasteiger partial charge in [0.1, 0.15) is 12.1 Å². The van der Waals surface area contributed by atoms with Crippen molar-refractivity contribution in [1.29, 1.82) is 0 Å². The number of nitrogens with one attached hydrogen (secondary N) is 1. The van der Waals surface area contributed by atoms with E-state index in [0.29, 0.717) is 5.56 Å². The van der Waals surface area contributed by atoms with Gasteiger partial charge in [-0.3, -0.25) is 14.5 Å². The van der Waals surface area contributed by atoms with E-state index in [1.807, 2.05) is 24.3 Å². The lowest BCUT2D eigenvalue weighted by molar-refractivity contribution is -0.139. The predicted molar refractivity (Wildman–Crippen MR) is 111 cm³/mol. The maximum Gasteiger partial charge on any atom is 0.325 e. The van der Waals surface area contributed by atoms with Crippen molar-refractivity contribution in [2.24, 2.45) is 0 Å². The first-order valence-corrected chi connectivity index (χ1v) is 11.9. The van der Waals surface area contributed by atoms with Crippen LogP contribution in [0.5, 0.6) is 0 Å². The Balaban J connectivity index is 1.67. The molecule has 1 atom stereocenters. The van der Waals surface area contributed by atoms with Gasteiger partial charge in [-0.15, -0.1) is 0 Å². The Morgan fingerprint density at radius 2 is 1.70 bits per heavy atom. The number of sulfonamides is 1. The van der Waals surface area contributed by atoms with E-state index in [1.54, 1.807) is 6.92 Å². The number of hydrogen-bond donors (Lipinski definition) is 1. The van der Waals surface area contributed by atoms with Crippen LogP contribution in [0.2, 0.25) is 0 Å². The predicted octanol–water partition coefficient (Wildman–Crippen LogP) is 0.510. The molecule has 1 N–H and O–H groups in total. The highest BCUT2D eigenvalue weighted by atomic mass is 32.2. The van der Waals surface area contributed by atoms with Crippen LogP contribution in [0, 0.1) is 0 Å². The van der Waals surface area contributed by atoms with Gasteiger partial charge in [-0.25, -0.2) is 13.2 Å². The number of benzene rings is 1. The van der Waals surface area contributed by atoms with E-state index in [1.165, 1.54) is 9.21 Å². The number of rotatable bonds is 6. The molecule has 2 heterocycles. The Morgan fingerprint density at radius 1 is 1.10 bits per heavy atom. The van der Waals surface area contributed by atoms with Gasteiger partial charge in [0, 0.05) is 26.2 Å². The van der Waals surface area contributed by atoms with Gasteiger partial charge < -0.3 is 10.2 Å². The van der Waals surface area contributed by atoms with Crippen LogP contribution >= 0.6 is 0 Å². The molecule has 30 heavy (non-hydrogen) atoms. The molecular weight excluding hydrogens is 408 g/mol. The van der Waals surface area contributed by atoms with Crippen LogP contribution in [-0.4, -0.2) is 79.3 Å². The molecule has 2 saturated heterocycles. The van der Waals surface area contributed by atoms with Gasteiger partial charge in [0.15, 0.2) is 0 Å². The zero-order valence-corrected chi connectivity index (χ0v) is 18.4. The SMILES string of the molecule is CCCc1ccc(C2(C)NC(=O)N(CC(=O)N3CCN(S(C)(=O)=O)CC3)C2=O)cc1. The van der Waals surface area contributed by atoms with Crippen LogP contribution in [0.15, 0.2) is 24.3 Å². The summed E-state index contributed by atoms with van der Waals surface area (Å²) in [6.07, 6.45) is 3.08. The second kappa shape index (κ2) is 8.35. The summed E-state index contributed by atoms with van der Waals surface area (Å²) in [5, 5.41) is 2.71. The largest absolute Gasteiger partial charge is 0.338 e. The Morgan fingerprint density at radius 3 is 2.23 bits per heavy atom. The molecular formula is C20H28N4O5S. The van der Waals surface area contributed by atoms with Crippen molar-refractivity contribution in [3.63, 3.8) is 0 Å². The summed E-state index contributed by atoms with van der Waals surface area (Å²) in [4.78, 5) is 40.6. The van der Waals surface area contributed by atoms with Crippen molar-refractivity contribution >= 4 is 27.9 Å². The summed E-state index contributed by atoms with van der Waals surface area (Å²) in [7, 11) is -3.30. The van der Waals surface area contributed by atoms with Gasteiger partial charge in [0.05, 0.1) is 6.26 Å². The zero-order chi connectivity index (χ0) is 22.1. The Labute approximate surface area is 177 Å². The minimum atomic E-state index is -3.30. The highest BCUT2D eigenvalue weighted by molar-refractivity contribution is 7.88. The Bertz CT molecular complexity index is 938. The molecule has 3 rings (SSSR count). The van der Waals surface area contributed by atoms with Crippen molar-refractivity contribution in [2.45, 2.75) is 32.2 Å². The number of carbonyl (C=O) groups excluding carboxylic acids is 3. The van der Waals surface area contributed by atoms with Crippen LogP contribution in [0.25, 0.3) is 0 Å². The van der Waals surface area contributed by atoms with Crippen molar-refractivity contribution in [3.8, 4) is 0 Å². The van der Waals surface area contributed by atoms with Crippen molar-refractivity contribution in [3.05, 3.63) is 35.4 Å². The first kappa shape index (κ1) is 22.2. The lowest BCUT2D eigenvalue weighted by atomic mass is 9.91. The first-order valence-electron chi connectivity index (χ1n) is 10.0. The van der Waals surface area contributed by atoms with Gasteiger partial charge in [-0.1, -0.05) is 37.6 Å². The molecule has 0 spiro atoms. The molecule has 2 aliphatic rings. The summed E-state index contributed by atoms with van der Waals surface area (Å²) in [6.45, 7) is 4.22. The highest BCUT2D eigenvalue weighted by Crippen LogP contribution is 2.29. The number of aryl methyl sites for hydroxylation is 1. The molecule has 0 aromatic heterocycles. The maximum atomic E-state index is 13.0. The monoisotopic (exact) mass is 436 g/mol. The van der Waals surface area contributed by atoms with Crippen LogP contribution < -0.4 is 5.32 Å². The summed E-state index contributed by atoms with van der Waals surface area (Å²) >= 11 is 0. The summed E-state index contributed by atoms with van der Waals surface area (Å²) in [5.41, 5.74) is 0.594. The molecule has 4 amide bonds. The third-order valence-corrected chi connectivity index (χ3v) is 7.00. The van der Waals surface area contributed by atoms with Crippen molar-refractivity contribution < 1.29 is 22.8 Å². The first-order chi connectivity index (χ1) is 14.1. The number of imide groups is 1. The standard InChI is InChI=1S/C20H28N4O5S/c1-4-5-15-6-8-16(9-7-15)20(2)18(26)24(19(27)21-20)14-17(25)22-10-12-23(13-11-22)30(3,28)29/h6-9H,4-5,10-14H2,1-3H3,(H,21,27). The minimum Gasteiger partial charge on any atom is -0.338 e. The van der Waals surface area contributed by atoms with Gasteiger partial charge in [0.2, 0.25) is 15.9 Å². The van der Waals surface area contributed by atoms with Crippen LogP contribution in [0.1, 0.15) is 31.4 Å². The summed E-state index contributed by atoms with van der Waals surface area (Å²) in [5.74, 6) is -0.854. The van der Waals surface area contributed by atoms with Gasteiger partial charge >= 0.3 is 6.03 Å². The lowest BCUT2D eigenvalue weighted by Crippen LogP contribution is -2.53. The Hall–Kier alpha value is -2.46. The van der Waals surface area contributed by atoms with E-state index >= 15 is 0 Å². The molecule has 2 fully saturated rings. The number of piperazine rings is 1. The number of nitrogens with zero attached hydrogens (tertiary/aromatic N) is 3. The third-order valence-electron chi connectivity index (χ3n) is 5.70. The third kappa shape index (κ3) is 4.34. The second-order valence-electron chi connectivity index (χ2n) is 7.94. The molecule has 1 aromatic carbocycles. The second-order valence-corrected chi connectivity index (χ2v) is 9.92. The van der Waals surface area contributed by atoms with E-state index in [9.17, 15) is 22.8 Å².